The van der Waals surface area contributed by atoms with Gasteiger partial charge in [0.25, 0.3) is 0 Å². The highest BCUT2D eigenvalue weighted by Crippen LogP contribution is 1.93. The molecule has 0 rings (SSSR count). The third-order valence-electron chi connectivity index (χ3n) is 1.78. The zero-order valence-corrected chi connectivity index (χ0v) is 9.72. The largest absolute Gasteiger partial charge is 0.338 e. The highest BCUT2D eigenvalue weighted by atomic mass is 16.2. The molecular formula is C11H20N2O2. The molecule has 0 spiro atoms. The number of ketones is 1. The summed E-state index contributed by atoms with van der Waals surface area (Å²) < 4.78 is 0. The summed E-state index contributed by atoms with van der Waals surface area (Å²) in [5.74, 6) is 0.409. The normalized spacial score (nSPS) is 9.87. The molecule has 0 aliphatic heterocycles. The summed E-state index contributed by atoms with van der Waals surface area (Å²) in [5, 5.41) is 5.31. The molecule has 0 aliphatic rings. The van der Waals surface area contributed by atoms with Gasteiger partial charge in [0.05, 0.1) is 0 Å². The summed E-state index contributed by atoms with van der Waals surface area (Å²) in [6, 6.07) is -0.224. The SMILES string of the molecule is C=C(C)C(=O)CCNC(=O)NCC(C)C. The topological polar surface area (TPSA) is 58.2 Å². The number of allylic oxidation sites excluding steroid dienone is 1. The number of urea groups is 1. The molecule has 0 aromatic rings. The van der Waals surface area contributed by atoms with E-state index in [1.807, 2.05) is 13.8 Å². The number of carbonyl (C=O) groups excluding carboxylic acids is 2. The van der Waals surface area contributed by atoms with Gasteiger partial charge >= 0.3 is 6.03 Å². The zero-order chi connectivity index (χ0) is 11.8. The fourth-order valence-electron chi connectivity index (χ4n) is 0.862. The quantitative estimate of drug-likeness (QED) is 0.655. The predicted octanol–water partition coefficient (Wildman–Crippen LogP) is 1.48. The number of hydrogen-bond acceptors (Lipinski definition) is 2. The first-order valence-corrected chi connectivity index (χ1v) is 5.14. The van der Waals surface area contributed by atoms with Gasteiger partial charge in [-0.1, -0.05) is 20.4 Å². The van der Waals surface area contributed by atoms with Crippen molar-refractivity contribution >= 4 is 11.8 Å². The van der Waals surface area contributed by atoms with Gasteiger partial charge in [-0.15, -0.1) is 0 Å². The van der Waals surface area contributed by atoms with Gasteiger partial charge in [-0.05, 0) is 18.4 Å². The maximum atomic E-state index is 11.1. The van der Waals surface area contributed by atoms with Crippen molar-refractivity contribution < 1.29 is 9.59 Å². The molecule has 0 radical (unpaired) electrons. The molecule has 4 nitrogen and oxygen atoms in total. The lowest BCUT2D eigenvalue weighted by molar-refractivity contribution is -0.115. The minimum Gasteiger partial charge on any atom is -0.338 e. The zero-order valence-electron chi connectivity index (χ0n) is 9.72. The van der Waals surface area contributed by atoms with Crippen molar-refractivity contribution in [3.63, 3.8) is 0 Å². The van der Waals surface area contributed by atoms with Crippen molar-refractivity contribution in [1.82, 2.24) is 10.6 Å². The second-order valence-corrected chi connectivity index (χ2v) is 3.98. The summed E-state index contributed by atoms with van der Waals surface area (Å²) >= 11 is 0. The van der Waals surface area contributed by atoms with Crippen LogP contribution in [0.5, 0.6) is 0 Å². The van der Waals surface area contributed by atoms with Crippen LogP contribution in [0.15, 0.2) is 12.2 Å². The van der Waals surface area contributed by atoms with Crippen molar-refractivity contribution in [3.05, 3.63) is 12.2 Å². The Balaban J connectivity index is 3.55. The monoisotopic (exact) mass is 212 g/mol. The number of carbonyl (C=O) groups is 2. The smallest absolute Gasteiger partial charge is 0.314 e. The molecule has 0 heterocycles. The molecule has 0 saturated carbocycles. The van der Waals surface area contributed by atoms with Gasteiger partial charge in [0.2, 0.25) is 0 Å². The van der Waals surface area contributed by atoms with Crippen LogP contribution in [-0.2, 0) is 4.79 Å². The Morgan fingerprint density at radius 3 is 2.33 bits per heavy atom. The number of Topliss-reactive ketones (excluding diaryl/α,β-unsaturated/α-hetero) is 1. The van der Waals surface area contributed by atoms with Crippen LogP contribution in [0.25, 0.3) is 0 Å². The molecular weight excluding hydrogens is 192 g/mol. The molecule has 86 valence electrons. The van der Waals surface area contributed by atoms with Crippen LogP contribution in [0.2, 0.25) is 0 Å². The molecule has 4 heteroatoms. The van der Waals surface area contributed by atoms with Crippen molar-refractivity contribution in [2.75, 3.05) is 13.1 Å². The third kappa shape index (κ3) is 7.73. The van der Waals surface area contributed by atoms with Crippen molar-refractivity contribution in [2.24, 2.45) is 5.92 Å². The van der Waals surface area contributed by atoms with Gasteiger partial charge in [-0.3, -0.25) is 4.79 Å². The van der Waals surface area contributed by atoms with Crippen LogP contribution in [0, 0.1) is 5.92 Å². The minimum atomic E-state index is -0.224. The molecule has 0 aliphatic carbocycles. The summed E-state index contributed by atoms with van der Waals surface area (Å²) in [4.78, 5) is 22.3. The Kier molecular flexibility index (Phi) is 6.42. The molecule has 0 fully saturated rings. The summed E-state index contributed by atoms with van der Waals surface area (Å²) in [7, 11) is 0. The molecule has 0 unspecified atom stereocenters. The average molecular weight is 212 g/mol. The van der Waals surface area contributed by atoms with Gasteiger partial charge in [0.15, 0.2) is 5.78 Å². The first kappa shape index (κ1) is 13.7. The molecule has 2 amide bonds. The second-order valence-electron chi connectivity index (χ2n) is 3.98. The lowest BCUT2D eigenvalue weighted by Crippen LogP contribution is -2.38. The van der Waals surface area contributed by atoms with E-state index in [9.17, 15) is 9.59 Å². The van der Waals surface area contributed by atoms with E-state index in [1.165, 1.54) is 0 Å². The first-order chi connectivity index (χ1) is 6.93. The van der Waals surface area contributed by atoms with E-state index in [1.54, 1.807) is 6.92 Å². The Bertz CT molecular complexity index is 247. The van der Waals surface area contributed by atoms with Gasteiger partial charge in [0.1, 0.15) is 0 Å². The lowest BCUT2D eigenvalue weighted by atomic mass is 10.2. The summed E-state index contributed by atoms with van der Waals surface area (Å²) in [6.07, 6.45) is 0.310. The number of amides is 2. The Labute approximate surface area is 91.1 Å². The van der Waals surface area contributed by atoms with E-state index in [2.05, 4.69) is 17.2 Å². The molecule has 0 aromatic heterocycles. The maximum Gasteiger partial charge on any atom is 0.314 e. The van der Waals surface area contributed by atoms with Crippen LogP contribution in [0.1, 0.15) is 27.2 Å². The van der Waals surface area contributed by atoms with Crippen LogP contribution in [0.3, 0.4) is 0 Å². The number of hydrogen-bond donors (Lipinski definition) is 2. The van der Waals surface area contributed by atoms with Gasteiger partial charge in [0, 0.05) is 19.5 Å². The molecule has 0 aromatic carbocycles. The molecule has 0 saturated heterocycles. The minimum absolute atomic E-state index is 0.0147. The average Bonchev–Trinajstić information content (AvgIpc) is 2.14. The highest BCUT2D eigenvalue weighted by molar-refractivity contribution is 5.94. The van der Waals surface area contributed by atoms with Crippen molar-refractivity contribution in [3.8, 4) is 0 Å². The number of rotatable bonds is 6. The molecule has 2 N–H and O–H groups in total. The van der Waals surface area contributed by atoms with Crippen molar-refractivity contribution in [2.45, 2.75) is 27.2 Å². The van der Waals surface area contributed by atoms with Crippen LogP contribution >= 0.6 is 0 Å². The van der Waals surface area contributed by atoms with Crippen molar-refractivity contribution in [1.29, 1.82) is 0 Å². The Hall–Kier alpha value is -1.32. The van der Waals surface area contributed by atoms with E-state index < -0.39 is 0 Å². The summed E-state index contributed by atoms with van der Waals surface area (Å²) in [5.41, 5.74) is 0.527. The van der Waals surface area contributed by atoms with E-state index >= 15 is 0 Å². The van der Waals surface area contributed by atoms with Crippen LogP contribution in [-0.4, -0.2) is 24.9 Å². The lowest BCUT2D eigenvalue weighted by Gasteiger charge is -2.08. The Morgan fingerprint density at radius 2 is 1.87 bits per heavy atom. The molecule has 0 bridgehead atoms. The number of nitrogens with one attached hydrogen (secondary N) is 2. The second kappa shape index (κ2) is 7.04. The highest BCUT2D eigenvalue weighted by Gasteiger charge is 2.04. The van der Waals surface area contributed by atoms with E-state index in [0.717, 1.165) is 0 Å². The van der Waals surface area contributed by atoms with Crippen LogP contribution in [0.4, 0.5) is 4.79 Å². The molecule has 15 heavy (non-hydrogen) atoms. The van der Waals surface area contributed by atoms with E-state index in [4.69, 9.17) is 0 Å². The van der Waals surface area contributed by atoms with E-state index in [-0.39, 0.29) is 11.8 Å². The van der Waals surface area contributed by atoms with Gasteiger partial charge in [-0.2, -0.15) is 0 Å². The molecule has 0 atom stereocenters. The third-order valence-corrected chi connectivity index (χ3v) is 1.78. The van der Waals surface area contributed by atoms with Gasteiger partial charge < -0.3 is 10.6 Å². The fraction of sp³-hybridized carbons (Fsp3) is 0.636. The maximum absolute atomic E-state index is 11.1. The standard InChI is InChI=1S/C11H20N2O2/c1-8(2)7-13-11(15)12-6-5-10(14)9(3)4/h8H,3,5-7H2,1-2,4H3,(H2,12,13,15). The first-order valence-electron chi connectivity index (χ1n) is 5.14. The van der Waals surface area contributed by atoms with Gasteiger partial charge in [-0.25, -0.2) is 4.79 Å². The summed E-state index contributed by atoms with van der Waals surface area (Å²) in [6.45, 7) is 10.2. The predicted molar refractivity (Wildman–Crippen MR) is 60.7 cm³/mol. The van der Waals surface area contributed by atoms with E-state index in [0.29, 0.717) is 31.0 Å². The fourth-order valence-corrected chi connectivity index (χ4v) is 0.862. The van der Waals surface area contributed by atoms with Crippen LogP contribution < -0.4 is 10.6 Å². The Morgan fingerprint density at radius 1 is 1.27 bits per heavy atom.